The molecule has 0 spiro atoms. The van der Waals surface area contributed by atoms with E-state index in [1.807, 2.05) is 0 Å². The van der Waals surface area contributed by atoms with Gasteiger partial charge in [-0.2, -0.15) is 0 Å². The van der Waals surface area contributed by atoms with Crippen LogP contribution in [0.5, 0.6) is 0 Å². The average Bonchev–Trinajstić information content (AvgIpc) is 2.90. The second-order valence-electron chi connectivity index (χ2n) is 6.11. The van der Waals surface area contributed by atoms with E-state index in [0.29, 0.717) is 41.8 Å². The molecule has 0 unspecified atom stereocenters. The van der Waals surface area contributed by atoms with Crippen LogP contribution in [0.15, 0.2) is 18.2 Å². The molecule has 1 aromatic rings. The van der Waals surface area contributed by atoms with Gasteiger partial charge in [0.1, 0.15) is 5.92 Å². The first-order chi connectivity index (χ1) is 11.0. The third-order valence-electron chi connectivity index (χ3n) is 4.47. The van der Waals surface area contributed by atoms with Gasteiger partial charge in [0.2, 0.25) is 11.8 Å². The van der Waals surface area contributed by atoms with Crippen LogP contribution in [0.1, 0.15) is 19.3 Å². The van der Waals surface area contributed by atoms with E-state index in [9.17, 15) is 9.59 Å². The number of hydrogen-bond donors (Lipinski definition) is 1. The van der Waals surface area contributed by atoms with Crippen LogP contribution in [0.4, 0.5) is 5.69 Å². The molecule has 2 atom stereocenters. The van der Waals surface area contributed by atoms with Gasteiger partial charge in [0.15, 0.2) is 0 Å². The van der Waals surface area contributed by atoms with Gasteiger partial charge >= 0.3 is 0 Å². The van der Waals surface area contributed by atoms with E-state index < -0.39 is 5.92 Å². The summed E-state index contributed by atoms with van der Waals surface area (Å²) in [4.78, 5) is 28.6. The van der Waals surface area contributed by atoms with E-state index in [1.165, 1.54) is 0 Å². The van der Waals surface area contributed by atoms with Crippen molar-refractivity contribution in [2.75, 3.05) is 24.5 Å². The second kappa shape index (κ2) is 6.67. The van der Waals surface area contributed by atoms with E-state index in [-0.39, 0.29) is 17.9 Å². The van der Waals surface area contributed by atoms with Gasteiger partial charge in [-0.05, 0) is 37.5 Å². The average molecular weight is 356 g/mol. The summed E-state index contributed by atoms with van der Waals surface area (Å²) in [5, 5.41) is 0.963. The first kappa shape index (κ1) is 16.6. The van der Waals surface area contributed by atoms with Crippen LogP contribution in [0.2, 0.25) is 10.0 Å². The molecular formula is C16H19Cl2N3O2. The maximum absolute atomic E-state index is 12.7. The van der Waals surface area contributed by atoms with Crippen LogP contribution in [-0.2, 0) is 9.59 Å². The van der Waals surface area contributed by atoms with Crippen LogP contribution in [0.3, 0.4) is 0 Å². The maximum Gasteiger partial charge on any atom is 0.239 e. The number of likely N-dealkylation sites (tertiary alicyclic amines) is 1. The molecule has 2 fully saturated rings. The summed E-state index contributed by atoms with van der Waals surface area (Å²) in [5.41, 5.74) is 6.49. The summed E-state index contributed by atoms with van der Waals surface area (Å²) >= 11 is 12.2. The zero-order chi connectivity index (χ0) is 16.6. The van der Waals surface area contributed by atoms with Crippen LogP contribution < -0.4 is 10.6 Å². The summed E-state index contributed by atoms with van der Waals surface area (Å²) in [5.74, 6) is -0.973. The number of hydrogen-bond acceptors (Lipinski definition) is 3. The minimum absolute atomic E-state index is 0.00248. The Labute approximate surface area is 145 Å². The minimum atomic E-state index is -0.643. The molecule has 2 aliphatic rings. The molecule has 0 radical (unpaired) electrons. The van der Waals surface area contributed by atoms with Crippen molar-refractivity contribution in [1.82, 2.24) is 4.90 Å². The number of benzene rings is 1. The third-order valence-corrected chi connectivity index (χ3v) is 5.03. The number of carbonyl (C=O) groups is 2. The van der Waals surface area contributed by atoms with Crippen LogP contribution in [0, 0.1) is 5.92 Å². The highest BCUT2D eigenvalue weighted by atomic mass is 35.5. The van der Waals surface area contributed by atoms with Gasteiger partial charge in [0.25, 0.3) is 0 Å². The molecular weight excluding hydrogens is 337 g/mol. The topological polar surface area (TPSA) is 66.6 Å². The van der Waals surface area contributed by atoms with Gasteiger partial charge in [-0.15, -0.1) is 0 Å². The Morgan fingerprint density at radius 1 is 1.22 bits per heavy atom. The fourth-order valence-corrected chi connectivity index (χ4v) is 3.66. The summed E-state index contributed by atoms with van der Waals surface area (Å²) < 4.78 is 0. The molecule has 3 rings (SSSR count). The molecule has 2 heterocycles. The number of nitrogens with two attached hydrogens (primary N) is 1. The van der Waals surface area contributed by atoms with Crippen molar-refractivity contribution < 1.29 is 9.59 Å². The lowest BCUT2D eigenvalue weighted by atomic mass is 10.0. The SMILES string of the molecule is N[C@H]1CCCN(C(=O)[C@@H]2CCN(c3cc(Cl)ccc3Cl)C2=O)C1. The van der Waals surface area contributed by atoms with Gasteiger partial charge < -0.3 is 15.5 Å². The zero-order valence-corrected chi connectivity index (χ0v) is 14.2. The van der Waals surface area contributed by atoms with Gasteiger partial charge in [0, 0.05) is 30.7 Å². The molecule has 2 amide bonds. The Balaban J connectivity index is 1.76. The monoisotopic (exact) mass is 355 g/mol. The lowest BCUT2D eigenvalue weighted by Crippen LogP contribution is -2.49. The molecule has 124 valence electrons. The Morgan fingerprint density at radius 3 is 2.74 bits per heavy atom. The highest BCUT2D eigenvalue weighted by molar-refractivity contribution is 6.36. The summed E-state index contributed by atoms with van der Waals surface area (Å²) in [7, 11) is 0. The first-order valence-electron chi connectivity index (χ1n) is 7.78. The smallest absolute Gasteiger partial charge is 0.239 e. The zero-order valence-electron chi connectivity index (χ0n) is 12.7. The molecule has 0 bridgehead atoms. The number of carbonyl (C=O) groups excluding carboxylic acids is 2. The second-order valence-corrected chi connectivity index (χ2v) is 6.96. The first-order valence-corrected chi connectivity index (χ1v) is 8.54. The quantitative estimate of drug-likeness (QED) is 0.827. The normalized spacial score (nSPS) is 25.1. The predicted molar refractivity (Wildman–Crippen MR) is 90.7 cm³/mol. The van der Waals surface area contributed by atoms with Crippen molar-refractivity contribution in [3.63, 3.8) is 0 Å². The van der Waals surface area contributed by atoms with Crippen molar-refractivity contribution in [1.29, 1.82) is 0 Å². The third kappa shape index (κ3) is 3.32. The van der Waals surface area contributed by atoms with Crippen molar-refractivity contribution >= 4 is 40.7 Å². The molecule has 2 saturated heterocycles. The van der Waals surface area contributed by atoms with E-state index in [4.69, 9.17) is 28.9 Å². The highest BCUT2D eigenvalue weighted by Gasteiger charge is 2.40. The molecule has 1 aromatic carbocycles. The van der Waals surface area contributed by atoms with E-state index in [0.717, 1.165) is 12.8 Å². The Hall–Kier alpha value is -1.30. The lowest BCUT2D eigenvalue weighted by Gasteiger charge is -2.32. The highest BCUT2D eigenvalue weighted by Crippen LogP contribution is 2.34. The number of anilines is 1. The Morgan fingerprint density at radius 2 is 2.00 bits per heavy atom. The Kier molecular flexibility index (Phi) is 4.80. The molecule has 7 heteroatoms. The summed E-state index contributed by atoms with van der Waals surface area (Å²) in [6.45, 7) is 1.67. The van der Waals surface area contributed by atoms with Crippen molar-refractivity contribution in [2.45, 2.75) is 25.3 Å². The molecule has 0 aliphatic carbocycles. The van der Waals surface area contributed by atoms with Crippen LogP contribution in [0.25, 0.3) is 0 Å². The number of rotatable bonds is 2. The lowest BCUT2D eigenvalue weighted by molar-refractivity contribution is -0.140. The van der Waals surface area contributed by atoms with Crippen molar-refractivity contribution in [3.05, 3.63) is 28.2 Å². The fraction of sp³-hybridized carbons (Fsp3) is 0.500. The Bertz CT molecular complexity index is 638. The van der Waals surface area contributed by atoms with Gasteiger partial charge in [-0.1, -0.05) is 23.2 Å². The molecule has 2 N–H and O–H groups in total. The fourth-order valence-electron chi connectivity index (χ4n) is 3.27. The number of piperidine rings is 1. The standard InChI is InChI=1S/C16H19Cl2N3O2/c17-10-3-4-13(18)14(8-10)21-7-5-12(16(21)23)15(22)20-6-1-2-11(19)9-20/h3-4,8,11-12H,1-2,5-7,9,19H2/t11-,12-/m0/s1. The van der Waals surface area contributed by atoms with E-state index >= 15 is 0 Å². The van der Waals surface area contributed by atoms with Crippen molar-refractivity contribution in [2.24, 2.45) is 11.7 Å². The largest absolute Gasteiger partial charge is 0.340 e. The summed E-state index contributed by atoms with van der Waals surface area (Å²) in [6.07, 6.45) is 2.30. The van der Waals surface area contributed by atoms with Gasteiger partial charge in [0.05, 0.1) is 10.7 Å². The number of halogens is 2. The molecule has 23 heavy (non-hydrogen) atoms. The maximum atomic E-state index is 12.7. The molecule has 2 aliphatic heterocycles. The number of nitrogens with zero attached hydrogens (tertiary/aromatic N) is 2. The predicted octanol–water partition coefficient (Wildman–Crippen LogP) is 2.30. The van der Waals surface area contributed by atoms with Gasteiger partial charge in [-0.3, -0.25) is 9.59 Å². The molecule has 5 nitrogen and oxygen atoms in total. The van der Waals surface area contributed by atoms with Crippen molar-refractivity contribution in [3.8, 4) is 0 Å². The summed E-state index contributed by atoms with van der Waals surface area (Å²) in [6, 6.07) is 4.99. The van der Waals surface area contributed by atoms with E-state index in [2.05, 4.69) is 0 Å². The number of amides is 2. The minimum Gasteiger partial charge on any atom is -0.340 e. The van der Waals surface area contributed by atoms with E-state index in [1.54, 1.807) is 28.0 Å². The van der Waals surface area contributed by atoms with Gasteiger partial charge in [-0.25, -0.2) is 0 Å². The molecule has 0 saturated carbocycles. The molecule has 0 aromatic heterocycles. The van der Waals surface area contributed by atoms with Crippen LogP contribution >= 0.6 is 23.2 Å². The van der Waals surface area contributed by atoms with Crippen LogP contribution in [-0.4, -0.2) is 42.4 Å².